The van der Waals surface area contributed by atoms with Crippen molar-refractivity contribution in [3.63, 3.8) is 0 Å². The van der Waals surface area contributed by atoms with E-state index in [1.807, 2.05) is 13.1 Å². The minimum absolute atomic E-state index is 0.388. The first-order chi connectivity index (χ1) is 6.72. The van der Waals surface area contributed by atoms with E-state index >= 15 is 0 Å². The Bertz CT molecular complexity index is 262. The average molecular weight is 214 g/mol. The van der Waals surface area contributed by atoms with Crippen molar-refractivity contribution in [3.8, 4) is 0 Å². The number of nitrogens with one attached hydrogen (secondary N) is 1. The lowest BCUT2D eigenvalue weighted by Crippen LogP contribution is -2.29. The third-order valence-corrected chi connectivity index (χ3v) is 2.76. The fourth-order valence-corrected chi connectivity index (χ4v) is 1.84. The lowest BCUT2D eigenvalue weighted by Gasteiger charge is -2.11. The molecular formula is C10H18N2OS. The first-order valence-corrected chi connectivity index (χ1v) is 5.76. The maximum absolute atomic E-state index is 5.31. The molecule has 1 heterocycles. The Kier molecular flexibility index (Phi) is 5.07. The van der Waals surface area contributed by atoms with Gasteiger partial charge in [0.1, 0.15) is 5.01 Å². The Morgan fingerprint density at radius 1 is 1.64 bits per heavy atom. The van der Waals surface area contributed by atoms with E-state index < -0.39 is 0 Å². The zero-order valence-corrected chi connectivity index (χ0v) is 9.86. The van der Waals surface area contributed by atoms with E-state index in [1.165, 1.54) is 4.88 Å². The van der Waals surface area contributed by atoms with Gasteiger partial charge in [0.15, 0.2) is 0 Å². The van der Waals surface area contributed by atoms with Gasteiger partial charge in [0, 0.05) is 30.3 Å². The molecule has 0 saturated carbocycles. The predicted molar refractivity (Wildman–Crippen MR) is 59.6 cm³/mol. The van der Waals surface area contributed by atoms with Crippen LogP contribution in [0.3, 0.4) is 0 Å². The van der Waals surface area contributed by atoms with Crippen molar-refractivity contribution in [1.82, 2.24) is 10.3 Å². The molecule has 1 rings (SSSR count). The Morgan fingerprint density at radius 3 is 3.00 bits per heavy atom. The van der Waals surface area contributed by atoms with Gasteiger partial charge in [-0.25, -0.2) is 4.98 Å². The third kappa shape index (κ3) is 4.17. The summed E-state index contributed by atoms with van der Waals surface area (Å²) in [6.07, 6.45) is 1.91. The molecule has 80 valence electrons. The largest absolute Gasteiger partial charge is 0.380 e. The third-order valence-electron chi connectivity index (χ3n) is 1.84. The van der Waals surface area contributed by atoms with Crippen LogP contribution >= 0.6 is 11.3 Å². The van der Waals surface area contributed by atoms with Gasteiger partial charge < -0.3 is 10.1 Å². The van der Waals surface area contributed by atoms with Gasteiger partial charge in [-0.2, -0.15) is 0 Å². The van der Waals surface area contributed by atoms with Crippen molar-refractivity contribution in [2.45, 2.75) is 33.4 Å². The van der Waals surface area contributed by atoms with E-state index in [2.05, 4.69) is 24.1 Å². The minimum Gasteiger partial charge on any atom is -0.380 e. The van der Waals surface area contributed by atoms with Crippen LogP contribution in [0.15, 0.2) is 6.20 Å². The standard InChI is InChI=1S/C10H18N2OS/c1-4-13-7-8(2)11-6-10-12-5-9(3)14-10/h5,8,11H,4,6-7H2,1-3H3. The summed E-state index contributed by atoms with van der Waals surface area (Å²) >= 11 is 1.74. The van der Waals surface area contributed by atoms with Crippen LogP contribution in [0.1, 0.15) is 23.7 Å². The van der Waals surface area contributed by atoms with Crippen LogP contribution in [0, 0.1) is 6.92 Å². The number of ether oxygens (including phenoxy) is 1. The predicted octanol–water partition coefficient (Wildman–Crippen LogP) is 1.97. The van der Waals surface area contributed by atoms with Crippen LogP contribution in [0.25, 0.3) is 0 Å². The molecule has 4 heteroatoms. The minimum atomic E-state index is 0.388. The van der Waals surface area contributed by atoms with Crippen LogP contribution in [0.4, 0.5) is 0 Å². The van der Waals surface area contributed by atoms with Gasteiger partial charge in [-0.05, 0) is 20.8 Å². The van der Waals surface area contributed by atoms with Crippen molar-refractivity contribution in [2.75, 3.05) is 13.2 Å². The smallest absolute Gasteiger partial charge is 0.107 e. The van der Waals surface area contributed by atoms with Gasteiger partial charge in [-0.3, -0.25) is 0 Å². The van der Waals surface area contributed by atoms with Crippen LogP contribution in [0.2, 0.25) is 0 Å². The molecule has 0 radical (unpaired) electrons. The van der Waals surface area contributed by atoms with E-state index in [1.54, 1.807) is 11.3 Å². The number of thiazole rings is 1. The lowest BCUT2D eigenvalue weighted by atomic mass is 10.3. The second-order valence-electron chi connectivity index (χ2n) is 3.31. The van der Waals surface area contributed by atoms with Gasteiger partial charge in [0.05, 0.1) is 6.61 Å². The highest BCUT2D eigenvalue weighted by Crippen LogP contribution is 2.10. The molecule has 0 aliphatic heterocycles. The molecule has 0 spiro atoms. The summed E-state index contributed by atoms with van der Waals surface area (Å²) in [6.45, 7) is 8.59. The number of nitrogens with zero attached hydrogens (tertiary/aromatic N) is 1. The molecule has 1 atom stereocenters. The fraction of sp³-hybridized carbons (Fsp3) is 0.700. The first kappa shape index (κ1) is 11.6. The fourth-order valence-electron chi connectivity index (χ4n) is 1.10. The maximum atomic E-state index is 5.31. The van der Waals surface area contributed by atoms with E-state index in [0.29, 0.717) is 6.04 Å². The second kappa shape index (κ2) is 6.11. The molecule has 0 aromatic carbocycles. The Balaban J connectivity index is 2.20. The normalized spacial score (nSPS) is 13.1. The molecular weight excluding hydrogens is 196 g/mol. The van der Waals surface area contributed by atoms with E-state index in [0.717, 1.165) is 24.8 Å². The van der Waals surface area contributed by atoms with Crippen molar-refractivity contribution < 1.29 is 4.74 Å². The Labute approximate surface area is 89.5 Å². The van der Waals surface area contributed by atoms with Crippen LogP contribution < -0.4 is 5.32 Å². The quantitative estimate of drug-likeness (QED) is 0.786. The molecule has 0 saturated heterocycles. The summed E-state index contributed by atoms with van der Waals surface area (Å²) in [6, 6.07) is 0.388. The van der Waals surface area contributed by atoms with Crippen LogP contribution in [-0.4, -0.2) is 24.2 Å². The van der Waals surface area contributed by atoms with Gasteiger partial charge in [0.2, 0.25) is 0 Å². The molecule has 14 heavy (non-hydrogen) atoms. The summed E-state index contributed by atoms with van der Waals surface area (Å²) in [5.74, 6) is 0. The molecule has 1 aromatic heterocycles. The molecule has 0 aliphatic carbocycles. The van der Waals surface area contributed by atoms with E-state index in [9.17, 15) is 0 Å². The second-order valence-corrected chi connectivity index (χ2v) is 4.63. The van der Waals surface area contributed by atoms with Gasteiger partial charge >= 0.3 is 0 Å². The molecule has 0 fully saturated rings. The number of rotatable bonds is 6. The van der Waals surface area contributed by atoms with Gasteiger partial charge in [0.25, 0.3) is 0 Å². The molecule has 1 aromatic rings. The summed E-state index contributed by atoms with van der Waals surface area (Å²) in [5, 5.41) is 4.51. The molecule has 0 amide bonds. The molecule has 0 aliphatic rings. The average Bonchev–Trinajstić information content (AvgIpc) is 2.58. The van der Waals surface area contributed by atoms with Crippen molar-refractivity contribution in [1.29, 1.82) is 0 Å². The van der Waals surface area contributed by atoms with Crippen molar-refractivity contribution in [2.24, 2.45) is 0 Å². The zero-order chi connectivity index (χ0) is 10.4. The SMILES string of the molecule is CCOCC(C)NCc1ncc(C)s1. The molecule has 1 unspecified atom stereocenters. The van der Waals surface area contributed by atoms with Crippen LogP contribution in [0.5, 0.6) is 0 Å². The zero-order valence-electron chi connectivity index (χ0n) is 9.04. The highest BCUT2D eigenvalue weighted by Gasteiger charge is 2.03. The summed E-state index contributed by atoms with van der Waals surface area (Å²) in [4.78, 5) is 5.55. The lowest BCUT2D eigenvalue weighted by molar-refractivity contribution is 0.127. The highest BCUT2D eigenvalue weighted by molar-refractivity contribution is 7.11. The number of aryl methyl sites for hydroxylation is 1. The van der Waals surface area contributed by atoms with Crippen LogP contribution in [-0.2, 0) is 11.3 Å². The van der Waals surface area contributed by atoms with Crippen molar-refractivity contribution >= 4 is 11.3 Å². The summed E-state index contributed by atoms with van der Waals surface area (Å²) in [5.41, 5.74) is 0. The molecule has 0 bridgehead atoms. The van der Waals surface area contributed by atoms with Gasteiger partial charge in [-0.1, -0.05) is 0 Å². The molecule has 1 N–H and O–H groups in total. The summed E-state index contributed by atoms with van der Waals surface area (Å²) in [7, 11) is 0. The van der Waals surface area contributed by atoms with E-state index in [4.69, 9.17) is 4.74 Å². The monoisotopic (exact) mass is 214 g/mol. The van der Waals surface area contributed by atoms with Crippen molar-refractivity contribution in [3.05, 3.63) is 16.1 Å². The Hall–Kier alpha value is -0.450. The first-order valence-electron chi connectivity index (χ1n) is 4.94. The number of hydrogen-bond donors (Lipinski definition) is 1. The topological polar surface area (TPSA) is 34.1 Å². The van der Waals surface area contributed by atoms with E-state index in [-0.39, 0.29) is 0 Å². The maximum Gasteiger partial charge on any atom is 0.107 e. The van der Waals surface area contributed by atoms with Gasteiger partial charge in [-0.15, -0.1) is 11.3 Å². The number of aromatic nitrogens is 1. The highest BCUT2D eigenvalue weighted by atomic mass is 32.1. The Morgan fingerprint density at radius 2 is 2.43 bits per heavy atom. The summed E-state index contributed by atoms with van der Waals surface area (Å²) < 4.78 is 5.31. The number of hydrogen-bond acceptors (Lipinski definition) is 4. The molecule has 3 nitrogen and oxygen atoms in total.